The number of rotatable bonds is 5. The Bertz CT molecular complexity index is 509. The van der Waals surface area contributed by atoms with Gasteiger partial charge < -0.3 is 9.64 Å². The number of carbonyl (C=O) groups is 2. The van der Waals surface area contributed by atoms with Gasteiger partial charge >= 0.3 is 5.97 Å². The van der Waals surface area contributed by atoms with Gasteiger partial charge in [-0.05, 0) is 19.1 Å². The zero-order chi connectivity index (χ0) is 14.4. The first-order valence-electron chi connectivity index (χ1n) is 5.82. The van der Waals surface area contributed by atoms with Crippen molar-refractivity contribution in [2.24, 2.45) is 0 Å². The summed E-state index contributed by atoms with van der Waals surface area (Å²) in [4.78, 5) is 25.8. The third-order valence-electron chi connectivity index (χ3n) is 2.25. The number of ketones is 1. The molecule has 0 saturated heterocycles. The molecule has 0 aliphatic carbocycles. The number of carbonyl (C=O) groups excluding carboxylic acids is 2. The molecule has 0 spiro atoms. The summed E-state index contributed by atoms with van der Waals surface area (Å²) in [5.74, 6) is -1.10. The molecule has 0 amide bonds. The van der Waals surface area contributed by atoms with Crippen LogP contribution in [-0.4, -0.2) is 37.4 Å². The summed E-state index contributed by atoms with van der Waals surface area (Å²) in [5.41, 5.74) is 0.241. The topological polar surface area (TPSA) is 46.6 Å². The number of esters is 1. The predicted octanol–water partition coefficient (Wildman–Crippen LogP) is 2.53. The monoisotopic (exact) mass is 281 g/mol. The van der Waals surface area contributed by atoms with Gasteiger partial charge in [-0.3, -0.25) is 4.79 Å². The van der Waals surface area contributed by atoms with Crippen LogP contribution < -0.4 is 0 Å². The number of Topliss-reactive ketones (excluding diaryl/α,β-unsaturated/α-hetero) is 1. The Morgan fingerprint density at radius 1 is 1.32 bits per heavy atom. The van der Waals surface area contributed by atoms with Gasteiger partial charge in [0.15, 0.2) is 0 Å². The quantitative estimate of drug-likeness (QED) is 0.274. The van der Waals surface area contributed by atoms with E-state index in [1.54, 1.807) is 50.2 Å². The normalized spacial score (nSPS) is 11.1. The molecular weight excluding hydrogens is 266 g/mol. The van der Waals surface area contributed by atoms with Crippen LogP contribution in [-0.2, 0) is 9.53 Å². The molecule has 0 bridgehead atoms. The molecule has 4 nitrogen and oxygen atoms in total. The Hall–Kier alpha value is -1.81. The third kappa shape index (κ3) is 4.10. The van der Waals surface area contributed by atoms with Gasteiger partial charge in [0, 0.05) is 25.9 Å². The molecule has 0 unspecified atom stereocenters. The van der Waals surface area contributed by atoms with Crippen molar-refractivity contribution in [2.45, 2.75) is 6.92 Å². The van der Waals surface area contributed by atoms with E-state index >= 15 is 0 Å². The summed E-state index contributed by atoms with van der Waals surface area (Å²) in [6.07, 6.45) is 1.43. The first kappa shape index (κ1) is 15.2. The lowest BCUT2D eigenvalue weighted by Crippen LogP contribution is -2.19. The molecule has 0 atom stereocenters. The van der Waals surface area contributed by atoms with Crippen LogP contribution in [0.25, 0.3) is 0 Å². The van der Waals surface area contributed by atoms with Crippen molar-refractivity contribution in [3.8, 4) is 0 Å². The minimum absolute atomic E-state index is 0.0417. The lowest BCUT2D eigenvalue weighted by Gasteiger charge is -2.11. The van der Waals surface area contributed by atoms with Crippen LogP contribution in [0.3, 0.4) is 0 Å². The fourth-order valence-electron chi connectivity index (χ4n) is 1.46. The van der Waals surface area contributed by atoms with Crippen LogP contribution in [0.1, 0.15) is 17.3 Å². The van der Waals surface area contributed by atoms with Crippen molar-refractivity contribution in [3.63, 3.8) is 0 Å². The summed E-state index contributed by atoms with van der Waals surface area (Å²) in [6, 6.07) is 6.59. The van der Waals surface area contributed by atoms with Crippen LogP contribution in [0.5, 0.6) is 0 Å². The summed E-state index contributed by atoms with van der Waals surface area (Å²) < 4.78 is 4.89. The first-order chi connectivity index (χ1) is 8.97. The standard InChI is InChI=1S/C14H16ClNO3/c1-4-19-14(18)11(9-16(2)3)13(17)10-7-5-6-8-12(10)15/h5-9H,4H2,1-3H3/b11-9-. The highest BCUT2D eigenvalue weighted by atomic mass is 35.5. The molecule has 0 aromatic heterocycles. The number of hydrogen-bond acceptors (Lipinski definition) is 4. The van der Waals surface area contributed by atoms with E-state index in [1.165, 1.54) is 6.20 Å². The van der Waals surface area contributed by atoms with E-state index in [4.69, 9.17) is 16.3 Å². The number of hydrogen-bond donors (Lipinski definition) is 0. The first-order valence-corrected chi connectivity index (χ1v) is 6.19. The molecule has 0 fully saturated rings. The Labute approximate surface area is 117 Å². The highest BCUT2D eigenvalue weighted by Crippen LogP contribution is 2.19. The number of nitrogens with zero attached hydrogens (tertiary/aromatic N) is 1. The number of ether oxygens (including phenoxy) is 1. The van der Waals surface area contributed by atoms with E-state index in [0.29, 0.717) is 5.02 Å². The molecule has 0 radical (unpaired) electrons. The zero-order valence-electron chi connectivity index (χ0n) is 11.1. The highest BCUT2D eigenvalue weighted by Gasteiger charge is 2.23. The van der Waals surface area contributed by atoms with Gasteiger partial charge in [0.05, 0.1) is 11.6 Å². The van der Waals surface area contributed by atoms with Crippen LogP contribution in [0, 0.1) is 0 Å². The molecule has 1 aromatic rings. The van der Waals surface area contributed by atoms with Gasteiger partial charge in [-0.2, -0.15) is 0 Å². The second-order valence-corrected chi connectivity index (χ2v) is 4.44. The summed E-state index contributed by atoms with van der Waals surface area (Å²) >= 11 is 5.97. The predicted molar refractivity (Wildman–Crippen MR) is 74.2 cm³/mol. The van der Waals surface area contributed by atoms with Gasteiger partial charge in [-0.25, -0.2) is 4.79 Å². The Balaban J connectivity index is 3.16. The van der Waals surface area contributed by atoms with Crippen LogP contribution in [0.15, 0.2) is 36.0 Å². The van der Waals surface area contributed by atoms with Crippen LogP contribution in [0.2, 0.25) is 5.02 Å². The van der Waals surface area contributed by atoms with Gasteiger partial charge in [0.25, 0.3) is 0 Å². The minimum Gasteiger partial charge on any atom is -0.462 e. The number of halogens is 1. The lowest BCUT2D eigenvalue weighted by atomic mass is 10.0. The van der Waals surface area contributed by atoms with E-state index in [-0.39, 0.29) is 17.7 Å². The van der Waals surface area contributed by atoms with Crippen molar-refractivity contribution < 1.29 is 14.3 Å². The lowest BCUT2D eigenvalue weighted by molar-refractivity contribution is -0.138. The molecule has 1 aromatic carbocycles. The number of benzene rings is 1. The average molecular weight is 282 g/mol. The second kappa shape index (κ2) is 6.95. The van der Waals surface area contributed by atoms with Crippen molar-refractivity contribution >= 4 is 23.4 Å². The second-order valence-electron chi connectivity index (χ2n) is 4.04. The SMILES string of the molecule is CCOC(=O)/C(=C\N(C)C)C(=O)c1ccccc1Cl. The molecule has 102 valence electrons. The van der Waals surface area contributed by atoms with Crippen LogP contribution >= 0.6 is 11.6 Å². The highest BCUT2D eigenvalue weighted by molar-refractivity contribution is 6.36. The van der Waals surface area contributed by atoms with E-state index in [1.807, 2.05) is 0 Å². The van der Waals surface area contributed by atoms with Crippen molar-refractivity contribution in [1.29, 1.82) is 0 Å². The summed E-state index contributed by atoms with van der Waals surface area (Å²) in [5, 5.41) is 0.307. The Kier molecular flexibility index (Phi) is 5.57. The smallest absolute Gasteiger partial charge is 0.343 e. The zero-order valence-corrected chi connectivity index (χ0v) is 11.9. The van der Waals surface area contributed by atoms with Gasteiger partial charge in [0.1, 0.15) is 5.57 Å². The Morgan fingerprint density at radius 2 is 1.95 bits per heavy atom. The molecule has 5 heteroatoms. The van der Waals surface area contributed by atoms with Crippen molar-refractivity contribution in [1.82, 2.24) is 4.90 Å². The van der Waals surface area contributed by atoms with Gasteiger partial charge in [0.2, 0.25) is 5.78 Å². The molecule has 0 aliphatic heterocycles. The Morgan fingerprint density at radius 3 is 2.47 bits per heavy atom. The molecule has 0 saturated carbocycles. The van der Waals surface area contributed by atoms with Gasteiger partial charge in [-0.1, -0.05) is 23.7 Å². The van der Waals surface area contributed by atoms with Crippen molar-refractivity contribution in [3.05, 3.63) is 46.6 Å². The maximum absolute atomic E-state index is 12.3. The largest absolute Gasteiger partial charge is 0.462 e. The summed E-state index contributed by atoms with van der Waals surface area (Å²) in [6.45, 7) is 1.89. The minimum atomic E-state index is -0.652. The average Bonchev–Trinajstić information content (AvgIpc) is 2.36. The summed E-state index contributed by atoms with van der Waals surface area (Å²) in [7, 11) is 3.44. The maximum Gasteiger partial charge on any atom is 0.343 e. The molecular formula is C14H16ClNO3. The van der Waals surface area contributed by atoms with E-state index in [2.05, 4.69) is 0 Å². The fraction of sp³-hybridized carbons (Fsp3) is 0.286. The molecule has 0 heterocycles. The molecule has 19 heavy (non-hydrogen) atoms. The van der Waals surface area contributed by atoms with Crippen LogP contribution in [0.4, 0.5) is 0 Å². The van der Waals surface area contributed by atoms with E-state index in [0.717, 1.165) is 0 Å². The molecule has 0 aliphatic rings. The third-order valence-corrected chi connectivity index (χ3v) is 2.58. The van der Waals surface area contributed by atoms with Crippen molar-refractivity contribution in [2.75, 3.05) is 20.7 Å². The molecule has 1 rings (SSSR count). The van der Waals surface area contributed by atoms with E-state index in [9.17, 15) is 9.59 Å². The maximum atomic E-state index is 12.3. The fourth-order valence-corrected chi connectivity index (χ4v) is 1.68. The molecule has 0 N–H and O–H groups in total. The van der Waals surface area contributed by atoms with Gasteiger partial charge in [-0.15, -0.1) is 0 Å². The van der Waals surface area contributed by atoms with E-state index < -0.39 is 11.8 Å².